The molecule has 0 bridgehead atoms. The van der Waals surface area contributed by atoms with Gasteiger partial charge in [0.05, 0.1) is 15.8 Å². The van der Waals surface area contributed by atoms with Crippen LogP contribution in [0.5, 0.6) is 0 Å². The number of aliphatic hydroxyl groups excluding tert-OH is 1. The molecule has 1 aromatic rings. The summed E-state index contributed by atoms with van der Waals surface area (Å²) in [4.78, 5) is 21.9. The van der Waals surface area contributed by atoms with Crippen molar-refractivity contribution in [2.24, 2.45) is 0 Å². The highest BCUT2D eigenvalue weighted by Gasteiger charge is 2.15. The Morgan fingerprint density at radius 3 is 2.67 bits per heavy atom. The zero-order valence-corrected chi connectivity index (χ0v) is 9.01. The number of halogens is 1. The predicted molar refractivity (Wildman–Crippen MR) is 55.3 cm³/mol. The Balaban J connectivity index is 2.47. The lowest BCUT2D eigenvalue weighted by molar-refractivity contribution is -0.146. The molecule has 1 atom stereocenters. The molecule has 0 saturated carbocycles. The number of aliphatic hydroxyl groups is 1. The maximum Gasteiger partial charge on any atom is 0.334 e. The van der Waals surface area contributed by atoms with E-state index in [4.69, 9.17) is 21.8 Å². The highest BCUT2D eigenvalue weighted by Crippen LogP contribution is 2.20. The number of carbonyl (C=O) groups is 2. The van der Waals surface area contributed by atoms with Gasteiger partial charge in [-0.15, -0.1) is 11.3 Å². The van der Waals surface area contributed by atoms with Gasteiger partial charge in [0, 0.05) is 0 Å². The number of rotatable bonds is 4. The molecule has 0 saturated heterocycles. The van der Waals surface area contributed by atoms with Crippen LogP contribution in [0.1, 0.15) is 9.67 Å². The summed E-state index contributed by atoms with van der Waals surface area (Å²) in [5.74, 6) is -1.83. The van der Waals surface area contributed by atoms with Gasteiger partial charge in [0.1, 0.15) is 0 Å². The molecule has 0 aliphatic heterocycles. The van der Waals surface area contributed by atoms with Gasteiger partial charge in [0.25, 0.3) is 5.91 Å². The van der Waals surface area contributed by atoms with Crippen LogP contribution >= 0.6 is 22.9 Å². The van der Waals surface area contributed by atoms with Crippen molar-refractivity contribution >= 4 is 34.8 Å². The first kappa shape index (κ1) is 12.0. The van der Waals surface area contributed by atoms with Crippen LogP contribution in [-0.2, 0) is 4.79 Å². The quantitative estimate of drug-likeness (QED) is 0.728. The summed E-state index contributed by atoms with van der Waals surface area (Å²) < 4.78 is 0.471. The summed E-state index contributed by atoms with van der Waals surface area (Å²) in [5, 5.41) is 19.5. The maximum absolute atomic E-state index is 11.3. The minimum atomic E-state index is -1.59. The number of carbonyl (C=O) groups excluding carboxylic acids is 1. The first-order chi connectivity index (χ1) is 7.00. The standard InChI is InChI=1S/C8H8ClNO4S/c9-6-2-1-5(15-6)7(12)10-3-4(11)8(13)14/h1-2,4,11H,3H2,(H,10,12)(H,13,14). The molecule has 82 valence electrons. The van der Waals surface area contributed by atoms with E-state index in [1.165, 1.54) is 6.07 Å². The Hall–Kier alpha value is -1.11. The van der Waals surface area contributed by atoms with Gasteiger partial charge in [-0.3, -0.25) is 4.79 Å². The first-order valence-electron chi connectivity index (χ1n) is 3.95. The van der Waals surface area contributed by atoms with Crippen molar-refractivity contribution in [2.45, 2.75) is 6.10 Å². The van der Waals surface area contributed by atoms with Crippen molar-refractivity contribution in [3.05, 3.63) is 21.3 Å². The van der Waals surface area contributed by atoms with Gasteiger partial charge in [0.2, 0.25) is 0 Å². The molecule has 3 N–H and O–H groups in total. The van der Waals surface area contributed by atoms with Gasteiger partial charge in [-0.25, -0.2) is 4.79 Å². The molecule has 1 rings (SSSR count). The molecule has 1 aromatic heterocycles. The molecular weight excluding hydrogens is 242 g/mol. The molecule has 1 unspecified atom stereocenters. The number of carboxylic acid groups (broad SMARTS) is 1. The molecule has 0 spiro atoms. The third-order valence-electron chi connectivity index (χ3n) is 1.54. The number of hydrogen-bond acceptors (Lipinski definition) is 4. The highest BCUT2D eigenvalue weighted by atomic mass is 35.5. The second-order valence-electron chi connectivity index (χ2n) is 2.67. The number of aliphatic carboxylic acids is 1. The van der Waals surface area contributed by atoms with E-state index in [1.54, 1.807) is 6.07 Å². The van der Waals surface area contributed by atoms with Crippen LogP contribution in [0.15, 0.2) is 12.1 Å². The lowest BCUT2D eigenvalue weighted by Crippen LogP contribution is -2.36. The second-order valence-corrected chi connectivity index (χ2v) is 4.38. The zero-order valence-electron chi connectivity index (χ0n) is 7.44. The fraction of sp³-hybridized carbons (Fsp3) is 0.250. The van der Waals surface area contributed by atoms with Gasteiger partial charge < -0.3 is 15.5 Å². The number of hydrogen-bond donors (Lipinski definition) is 3. The molecule has 0 aliphatic carbocycles. The number of carboxylic acids is 1. The average Bonchev–Trinajstić information content (AvgIpc) is 2.60. The largest absolute Gasteiger partial charge is 0.479 e. The Kier molecular flexibility index (Phi) is 4.07. The summed E-state index contributed by atoms with van der Waals surface area (Å²) in [6.07, 6.45) is -1.59. The predicted octanol–water partition coefficient (Wildman–Crippen LogP) is 0.577. The molecular formula is C8H8ClNO4S. The topological polar surface area (TPSA) is 86.6 Å². The van der Waals surface area contributed by atoms with Crippen molar-refractivity contribution in [3.63, 3.8) is 0 Å². The molecule has 0 aliphatic rings. The fourth-order valence-electron chi connectivity index (χ4n) is 0.800. The van der Waals surface area contributed by atoms with Crippen molar-refractivity contribution in [2.75, 3.05) is 6.54 Å². The van der Waals surface area contributed by atoms with Crippen molar-refractivity contribution in [1.82, 2.24) is 5.32 Å². The lowest BCUT2D eigenvalue weighted by Gasteiger charge is -2.05. The monoisotopic (exact) mass is 249 g/mol. The number of thiophene rings is 1. The Bertz CT molecular complexity index is 378. The highest BCUT2D eigenvalue weighted by molar-refractivity contribution is 7.17. The smallest absolute Gasteiger partial charge is 0.334 e. The van der Waals surface area contributed by atoms with E-state index in [0.717, 1.165) is 11.3 Å². The summed E-state index contributed by atoms with van der Waals surface area (Å²) in [5.41, 5.74) is 0. The Labute approximate surface area is 94.3 Å². The van der Waals surface area contributed by atoms with Gasteiger partial charge >= 0.3 is 5.97 Å². The van der Waals surface area contributed by atoms with E-state index in [2.05, 4.69) is 5.32 Å². The summed E-state index contributed by atoms with van der Waals surface area (Å²) in [7, 11) is 0. The van der Waals surface area contributed by atoms with Crippen molar-refractivity contribution in [1.29, 1.82) is 0 Å². The molecule has 0 aromatic carbocycles. The van der Waals surface area contributed by atoms with Crippen LogP contribution in [-0.4, -0.2) is 34.7 Å². The molecule has 0 radical (unpaired) electrons. The van der Waals surface area contributed by atoms with Gasteiger partial charge in [-0.05, 0) is 12.1 Å². The molecule has 5 nitrogen and oxygen atoms in total. The van der Waals surface area contributed by atoms with E-state index in [9.17, 15) is 9.59 Å². The minimum Gasteiger partial charge on any atom is -0.479 e. The van der Waals surface area contributed by atoms with Crippen LogP contribution in [0.4, 0.5) is 0 Å². The Morgan fingerprint density at radius 2 is 2.20 bits per heavy atom. The number of nitrogens with one attached hydrogen (secondary N) is 1. The summed E-state index contributed by atoms with van der Waals surface area (Å²) in [6.45, 7) is -0.330. The fourth-order valence-corrected chi connectivity index (χ4v) is 1.76. The lowest BCUT2D eigenvalue weighted by atomic mass is 10.3. The van der Waals surface area contributed by atoms with Crippen molar-refractivity contribution < 1.29 is 19.8 Å². The molecule has 0 fully saturated rings. The second kappa shape index (κ2) is 5.11. The van der Waals surface area contributed by atoms with E-state index >= 15 is 0 Å². The number of amides is 1. The van der Waals surface area contributed by atoms with E-state index in [0.29, 0.717) is 9.21 Å². The molecule has 15 heavy (non-hydrogen) atoms. The van der Waals surface area contributed by atoms with Gasteiger partial charge in [-0.1, -0.05) is 11.6 Å². The molecule has 1 amide bonds. The third kappa shape index (κ3) is 3.50. The SMILES string of the molecule is O=C(NCC(O)C(=O)O)c1ccc(Cl)s1. The van der Waals surface area contributed by atoms with E-state index in [-0.39, 0.29) is 6.54 Å². The summed E-state index contributed by atoms with van der Waals surface area (Å²) in [6, 6.07) is 3.09. The Morgan fingerprint density at radius 1 is 1.53 bits per heavy atom. The van der Waals surface area contributed by atoms with E-state index < -0.39 is 18.0 Å². The average molecular weight is 250 g/mol. The van der Waals surface area contributed by atoms with Gasteiger partial charge in [-0.2, -0.15) is 0 Å². The van der Waals surface area contributed by atoms with Crippen LogP contribution in [0.2, 0.25) is 4.34 Å². The van der Waals surface area contributed by atoms with Crippen LogP contribution in [0.25, 0.3) is 0 Å². The van der Waals surface area contributed by atoms with E-state index in [1.807, 2.05) is 0 Å². The summed E-state index contributed by atoms with van der Waals surface area (Å²) >= 11 is 6.69. The molecule has 7 heteroatoms. The van der Waals surface area contributed by atoms with Gasteiger partial charge in [0.15, 0.2) is 6.10 Å². The maximum atomic E-state index is 11.3. The normalized spacial score (nSPS) is 12.1. The van der Waals surface area contributed by atoms with Crippen molar-refractivity contribution in [3.8, 4) is 0 Å². The van der Waals surface area contributed by atoms with Crippen LogP contribution < -0.4 is 5.32 Å². The minimum absolute atomic E-state index is 0.330. The first-order valence-corrected chi connectivity index (χ1v) is 5.14. The molecule has 1 heterocycles. The third-order valence-corrected chi connectivity index (χ3v) is 2.77. The van der Waals surface area contributed by atoms with Crippen LogP contribution in [0, 0.1) is 0 Å². The zero-order chi connectivity index (χ0) is 11.4. The van der Waals surface area contributed by atoms with Crippen LogP contribution in [0.3, 0.4) is 0 Å².